The predicted molar refractivity (Wildman–Crippen MR) is 60.8 cm³/mol. The molecular weight excluding hydrogens is 188 g/mol. The van der Waals surface area contributed by atoms with Gasteiger partial charge >= 0.3 is 0 Å². The zero-order valence-corrected chi connectivity index (χ0v) is 9.58. The Balaban J connectivity index is 2.78. The van der Waals surface area contributed by atoms with Crippen molar-refractivity contribution in [2.24, 2.45) is 5.92 Å². The minimum absolute atomic E-state index is 0.00637. The highest BCUT2D eigenvalue weighted by atomic mass is 16.1. The third-order valence-corrected chi connectivity index (χ3v) is 2.14. The molecule has 0 atom stereocenters. The van der Waals surface area contributed by atoms with Crippen LogP contribution in [0, 0.1) is 5.92 Å². The number of rotatable bonds is 5. The van der Waals surface area contributed by atoms with E-state index >= 15 is 0 Å². The lowest BCUT2D eigenvalue weighted by Gasteiger charge is -2.06. The second kappa shape index (κ2) is 5.61. The lowest BCUT2D eigenvalue weighted by molar-refractivity contribution is 0.0934. The Bertz CT molecular complexity index is 334. The first-order valence-corrected chi connectivity index (χ1v) is 5.36. The summed E-state index contributed by atoms with van der Waals surface area (Å²) in [5, 5.41) is 3.19. The highest BCUT2D eigenvalue weighted by Crippen LogP contribution is 2.06. The number of ketones is 1. The average molecular weight is 206 g/mol. The van der Waals surface area contributed by atoms with Crippen molar-refractivity contribution in [1.29, 1.82) is 0 Å². The van der Waals surface area contributed by atoms with E-state index in [-0.39, 0.29) is 11.7 Å². The summed E-state index contributed by atoms with van der Waals surface area (Å²) in [5.74, 6) is 0.111. The van der Waals surface area contributed by atoms with Crippen molar-refractivity contribution in [2.45, 2.75) is 27.3 Å². The first-order valence-electron chi connectivity index (χ1n) is 5.36. The minimum atomic E-state index is 0.00637. The van der Waals surface area contributed by atoms with Crippen LogP contribution in [0.1, 0.15) is 37.0 Å². The van der Waals surface area contributed by atoms with Gasteiger partial charge in [0.05, 0.1) is 5.69 Å². The maximum absolute atomic E-state index is 11.7. The number of hydrogen-bond donors (Lipinski definition) is 1. The molecular formula is C12H18N2O. The fourth-order valence-corrected chi connectivity index (χ4v) is 1.26. The van der Waals surface area contributed by atoms with E-state index in [0.29, 0.717) is 5.69 Å². The van der Waals surface area contributed by atoms with Gasteiger partial charge in [-0.15, -0.1) is 0 Å². The van der Waals surface area contributed by atoms with Gasteiger partial charge < -0.3 is 5.32 Å². The van der Waals surface area contributed by atoms with E-state index in [0.717, 1.165) is 18.8 Å². The van der Waals surface area contributed by atoms with Gasteiger partial charge in [-0.1, -0.05) is 26.8 Å². The van der Waals surface area contributed by atoms with Gasteiger partial charge in [0.15, 0.2) is 5.78 Å². The number of pyridine rings is 1. The van der Waals surface area contributed by atoms with E-state index < -0.39 is 0 Å². The number of nitrogens with one attached hydrogen (secondary N) is 1. The molecule has 0 spiro atoms. The van der Waals surface area contributed by atoms with Gasteiger partial charge in [0.25, 0.3) is 0 Å². The summed E-state index contributed by atoms with van der Waals surface area (Å²) in [6, 6.07) is 5.59. The van der Waals surface area contributed by atoms with Crippen LogP contribution in [0.15, 0.2) is 18.2 Å². The van der Waals surface area contributed by atoms with E-state index in [9.17, 15) is 4.79 Å². The largest absolute Gasteiger partial charge is 0.311 e. The topological polar surface area (TPSA) is 42.0 Å². The van der Waals surface area contributed by atoms with Crippen molar-refractivity contribution in [3.05, 3.63) is 29.6 Å². The van der Waals surface area contributed by atoms with Crippen LogP contribution in [0.3, 0.4) is 0 Å². The molecule has 0 radical (unpaired) electrons. The Hall–Kier alpha value is -1.22. The summed E-state index contributed by atoms with van der Waals surface area (Å²) in [7, 11) is 0. The maximum atomic E-state index is 11.7. The molecule has 0 amide bonds. The molecule has 1 N–H and O–H groups in total. The van der Waals surface area contributed by atoms with Gasteiger partial charge in [0.2, 0.25) is 0 Å². The first kappa shape index (κ1) is 11.9. The molecule has 0 aromatic carbocycles. The van der Waals surface area contributed by atoms with Crippen molar-refractivity contribution < 1.29 is 4.79 Å². The summed E-state index contributed by atoms with van der Waals surface area (Å²) >= 11 is 0. The van der Waals surface area contributed by atoms with Crippen molar-refractivity contribution in [3.8, 4) is 0 Å². The van der Waals surface area contributed by atoms with E-state index in [1.807, 2.05) is 32.9 Å². The van der Waals surface area contributed by atoms with Crippen LogP contribution in [-0.4, -0.2) is 17.3 Å². The summed E-state index contributed by atoms with van der Waals surface area (Å²) in [6.07, 6.45) is 0. The molecule has 3 heteroatoms. The molecule has 1 aromatic heterocycles. The number of carbonyl (C=O) groups is 1. The lowest BCUT2D eigenvalue weighted by atomic mass is 10.1. The molecule has 15 heavy (non-hydrogen) atoms. The van der Waals surface area contributed by atoms with Crippen molar-refractivity contribution >= 4 is 5.78 Å². The maximum Gasteiger partial charge on any atom is 0.183 e. The monoisotopic (exact) mass is 206 g/mol. The van der Waals surface area contributed by atoms with E-state index in [4.69, 9.17) is 0 Å². The Morgan fingerprint density at radius 2 is 2.20 bits per heavy atom. The highest BCUT2D eigenvalue weighted by molar-refractivity contribution is 5.95. The molecule has 0 saturated carbocycles. The smallest absolute Gasteiger partial charge is 0.183 e. The van der Waals surface area contributed by atoms with E-state index in [1.165, 1.54) is 0 Å². The predicted octanol–water partition coefficient (Wildman–Crippen LogP) is 2.03. The van der Waals surface area contributed by atoms with Gasteiger partial charge in [-0.25, -0.2) is 4.98 Å². The normalized spacial score (nSPS) is 10.7. The zero-order chi connectivity index (χ0) is 11.3. The van der Waals surface area contributed by atoms with Gasteiger partial charge in [-0.3, -0.25) is 4.79 Å². The summed E-state index contributed by atoms with van der Waals surface area (Å²) < 4.78 is 0. The standard InChI is InChI=1S/C12H18N2O/c1-4-13-8-10-6-5-7-11(14-10)12(15)9(2)3/h5-7,9,13H,4,8H2,1-3H3. The first-order chi connectivity index (χ1) is 7.15. The van der Waals surface area contributed by atoms with Crippen molar-refractivity contribution in [3.63, 3.8) is 0 Å². The molecule has 3 nitrogen and oxygen atoms in total. The quantitative estimate of drug-likeness (QED) is 0.749. The number of hydrogen-bond acceptors (Lipinski definition) is 3. The van der Waals surface area contributed by atoms with Crippen LogP contribution in [0.4, 0.5) is 0 Å². The molecule has 0 aliphatic carbocycles. The van der Waals surface area contributed by atoms with Gasteiger partial charge in [0.1, 0.15) is 5.69 Å². The fraction of sp³-hybridized carbons (Fsp3) is 0.500. The van der Waals surface area contributed by atoms with E-state index in [1.54, 1.807) is 6.07 Å². The summed E-state index contributed by atoms with van der Waals surface area (Å²) in [4.78, 5) is 16.0. The second-order valence-corrected chi connectivity index (χ2v) is 3.81. The highest BCUT2D eigenvalue weighted by Gasteiger charge is 2.11. The number of aromatic nitrogens is 1. The third kappa shape index (κ3) is 3.44. The molecule has 0 saturated heterocycles. The molecule has 82 valence electrons. The number of nitrogens with zero attached hydrogens (tertiary/aromatic N) is 1. The average Bonchev–Trinajstić information content (AvgIpc) is 2.25. The Labute approximate surface area is 90.9 Å². The van der Waals surface area contributed by atoms with Crippen molar-refractivity contribution in [2.75, 3.05) is 6.54 Å². The van der Waals surface area contributed by atoms with Crippen LogP contribution in [0.2, 0.25) is 0 Å². The number of Topliss-reactive ketones (excluding diaryl/α,β-unsaturated/α-hetero) is 1. The van der Waals surface area contributed by atoms with Gasteiger partial charge in [-0.2, -0.15) is 0 Å². The molecule has 1 heterocycles. The lowest BCUT2D eigenvalue weighted by Crippen LogP contribution is -2.15. The number of carbonyl (C=O) groups excluding carboxylic acids is 1. The molecule has 1 rings (SSSR count). The Morgan fingerprint density at radius 3 is 2.80 bits per heavy atom. The Kier molecular flexibility index (Phi) is 4.43. The van der Waals surface area contributed by atoms with Gasteiger partial charge in [-0.05, 0) is 18.7 Å². The SMILES string of the molecule is CCNCc1cccc(C(=O)C(C)C)n1. The van der Waals surface area contributed by atoms with Crippen LogP contribution in [-0.2, 0) is 6.54 Å². The van der Waals surface area contributed by atoms with E-state index in [2.05, 4.69) is 10.3 Å². The van der Waals surface area contributed by atoms with Crippen LogP contribution in [0.25, 0.3) is 0 Å². The molecule has 0 fully saturated rings. The minimum Gasteiger partial charge on any atom is -0.311 e. The Morgan fingerprint density at radius 1 is 1.47 bits per heavy atom. The van der Waals surface area contributed by atoms with Crippen LogP contribution >= 0.6 is 0 Å². The third-order valence-electron chi connectivity index (χ3n) is 2.14. The zero-order valence-electron chi connectivity index (χ0n) is 9.58. The molecule has 0 aliphatic heterocycles. The summed E-state index contributed by atoms with van der Waals surface area (Å²) in [6.45, 7) is 7.45. The second-order valence-electron chi connectivity index (χ2n) is 3.81. The van der Waals surface area contributed by atoms with Gasteiger partial charge in [0, 0.05) is 12.5 Å². The molecule has 0 unspecified atom stereocenters. The molecule has 0 bridgehead atoms. The van der Waals surface area contributed by atoms with Crippen LogP contribution < -0.4 is 5.32 Å². The molecule has 1 aromatic rings. The van der Waals surface area contributed by atoms with Crippen molar-refractivity contribution in [1.82, 2.24) is 10.3 Å². The molecule has 0 aliphatic rings. The summed E-state index contributed by atoms with van der Waals surface area (Å²) in [5.41, 5.74) is 1.49. The fourth-order valence-electron chi connectivity index (χ4n) is 1.26. The van der Waals surface area contributed by atoms with Crippen LogP contribution in [0.5, 0.6) is 0 Å².